The van der Waals surface area contributed by atoms with E-state index < -0.39 is 17.7 Å². The summed E-state index contributed by atoms with van der Waals surface area (Å²) in [5.41, 5.74) is -0.169. The van der Waals surface area contributed by atoms with Crippen molar-refractivity contribution in [3.05, 3.63) is 29.6 Å². The maximum atomic E-state index is 12.1. The van der Waals surface area contributed by atoms with Crippen LogP contribution in [0.4, 0.5) is 0 Å². The van der Waals surface area contributed by atoms with Crippen molar-refractivity contribution in [2.45, 2.75) is 123 Å². The van der Waals surface area contributed by atoms with Crippen LogP contribution in [0.3, 0.4) is 0 Å². The number of nitrogens with zero attached hydrogens (tertiary/aromatic N) is 1. The highest BCUT2D eigenvalue weighted by Crippen LogP contribution is 2.30. The molecule has 7 heteroatoms. The number of carbonyl (C=O) groups excluding carboxylic acids is 3. The monoisotopic (exact) mass is 514 g/mol. The SMILES string of the molecule is CCCCCCCCCC#CCCCCCc1cccnc1C(CCOC(C)=O)(NC(C)=O)OC(C)=O. The van der Waals surface area contributed by atoms with Crippen molar-refractivity contribution >= 4 is 17.8 Å². The third-order valence-electron chi connectivity index (χ3n) is 6.01. The Labute approximate surface area is 223 Å². The minimum atomic E-state index is -1.51. The van der Waals surface area contributed by atoms with Crippen LogP contribution in [0.5, 0.6) is 0 Å². The highest BCUT2D eigenvalue weighted by atomic mass is 16.6. The number of aromatic nitrogens is 1. The second-order valence-electron chi connectivity index (χ2n) is 9.49. The van der Waals surface area contributed by atoms with Gasteiger partial charge in [0, 0.05) is 46.2 Å². The molecular weight excluding hydrogens is 468 g/mol. The first-order valence-corrected chi connectivity index (χ1v) is 13.8. The molecule has 0 spiro atoms. The van der Waals surface area contributed by atoms with Crippen LogP contribution in [0, 0.1) is 11.8 Å². The van der Waals surface area contributed by atoms with E-state index in [0.29, 0.717) is 12.1 Å². The third kappa shape index (κ3) is 14.4. The molecule has 0 aliphatic carbocycles. The number of rotatable bonds is 18. The first-order chi connectivity index (χ1) is 17.8. The summed E-state index contributed by atoms with van der Waals surface area (Å²) < 4.78 is 10.7. The predicted molar refractivity (Wildman–Crippen MR) is 145 cm³/mol. The molecule has 1 rings (SSSR count). The van der Waals surface area contributed by atoms with Gasteiger partial charge in [-0.05, 0) is 37.3 Å². The summed E-state index contributed by atoms with van der Waals surface area (Å²) in [5.74, 6) is 5.20. The standard InChI is InChI=1S/C30H46N2O5/c1-5-6-7-8-9-10-11-12-13-14-15-16-17-18-20-28-21-19-23-31-29(28)30(32-25(2)33,37-27(4)35)22-24-36-26(3)34/h19,21,23H,5-12,15-18,20,22,24H2,1-4H3,(H,32,33). The van der Waals surface area contributed by atoms with Gasteiger partial charge in [-0.15, -0.1) is 11.8 Å². The molecule has 7 nitrogen and oxygen atoms in total. The fourth-order valence-corrected chi connectivity index (χ4v) is 4.29. The Bertz CT molecular complexity index is 871. The fourth-order valence-electron chi connectivity index (χ4n) is 4.29. The maximum Gasteiger partial charge on any atom is 0.305 e. The molecular formula is C30H46N2O5. The molecule has 0 saturated heterocycles. The Morgan fingerprint density at radius 3 is 2.11 bits per heavy atom. The Balaban J connectivity index is 2.64. The van der Waals surface area contributed by atoms with Crippen molar-refractivity contribution in [1.29, 1.82) is 0 Å². The van der Waals surface area contributed by atoms with Gasteiger partial charge >= 0.3 is 11.9 Å². The summed E-state index contributed by atoms with van der Waals surface area (Å²) in [4.78, 5) is 39.8. The van der Waals surface area contributed by atoms with Crippen LogP contribution in [-0.2, 0) is 36.0 Å². The molecule has 1 aromatic rings. The average molecular weight is 515 g/mol. The minimum absolute atomic E-state index is 0.0313. The maximum absolute atomic E-state index is 12.1. The normalized spacial score (nSPS) is 12.1. The zero-order chi connectivity index (χ0) is 27.4. The smallest absolute Gasteiger partial charge is 0.305 e. The van der Waals surface area contributed by atoms with Crippen LogP contribution in [0.2, 0.25) is 0 Å². The molecule has 0 aromatic carbocycles. The molecule has 0 bridgehead atoms. The lowest BCUT2D eigenvalue weighted by molar-refractivity contribution is -0.169. The van der Waals surface area contributed by atoms with E-state index in [1.54, 1.807) is 6.20 Å². The second-order valence-corrected chi connectivity index (χ2v) is 9.49. The summed E-state index contributed by atoms with van der Waals surface area (Å²) in [6.07, 6.45) is 16.3. The van der Waals surface area contributed by atoms with Gasteiger partial charge in [-0.25, -0.2) is 0 Å². The van der Waals surface area contributed by atoms with Gasteiger partial charge in [0.05, 0.1) is 6.61 Å². The van der Waals surface area contributed by atoms with Crippen molar-refractivity contribution in [2.24, 2.45) is 0 Å². The van der Waals surface area contributed by atoms with Crippen LogP contribution < -0.4 is 5.32 Å². The Morgan fingerprint density at radius 2 is 1.51 bits per heavy atom. The topological polar surface area (TPSA) is 94.6 Å². The molecule has 37 heavy (non-hydrogen) atoms. The number of esters is 2. The molecule has 1 unspecified atom stereocenters. The van der Waals surface area contributed by atoms with Gasteiger partial charge < -0.3 is 14.8 Å². The van der Waals surface area contributed by atoms with Crippen LogP contribution in [0.1, 0.15) is 122 Å². The van der Waals surface area contributed by atoms with E-state index in [9.17, 15) is 14.4 Å². The van der Waals surface area contributed by atoms with Crippen molar-refractivity contribution < 1.29 is 23.9 Å². The van der Waals surface area contributed by atoms with Gasteiger partial charge in [-0.2, -0.15) is 0 Å². The highest BCUT2D eigenvalue weighted by Gasteiger charge is 2.40. The third-order valence-corrected chi connectivity index (χ3v) is 6.01. The number of hydrogen-bond donors (Lipinski definition) is 1. The summed E-state index contributed by atoms with van der Waals surface area (Å²) in [6, 6.07) is 3.75. The van der Waals surface area contributed by atoms with Crippen LogP contribution in [-0.4, -0.2) is 29.4 Å². The number of hydrogen-bond acceptors (Lipinski definition) is 6. The summed E-state index contributed by atoms with van der Waals surface area (Å²) in [6.45, 7) is 6.14. The molecule has 206 valence electrons. The van der Waals surface area contributed by atoms with Gasteiger partial charge in [-0.1, -0.05) is 57.9 Å². The number of unbranched alkanes of at least 4 members (excludes halogenated alkanes) is 10. The van der Waals surface area contributed by atoms with Gasteiger partial charge in [0.25, 0.3) is 0 Å². The van der Waals surface area contributed by atoms with E-state index in [1.165, 1.54) is 65.7 Å². The van der Waals surface area contributed by atoms with Gasteiger partial charge in [0.15, 0.2) is 0 Å². The second kappa shape index (κ2) is 19.3. The van der Waals surface area contributed by atoms with E-state index in [2.05, 4.69) is 29.1 Å². The Hall–Kier alpha value is -2.88. The van der Waals surface area contributed by atoms with Crippen molar-refractivity contribution in [3.8, 4) is 11.8 Å². The molecule has 1 heterocycles. The lowest BCUT2D eigenvalue weighted by atomic mass is 9.96. The summed E-state index contributed by atoms with van der Waals surface area (Å²) in [7, 11) is 0. The van der Waals surface area contributed by atoms with Gasteiger partial charge in [0.1, 0.15) is 5.69 Å². The van der Waals surface area contributed by atoms with Crippen LogP contribution >= 0.6 is 0 Å². The lowest BCUT2D eigenvalue weighted by Crippen LogP contribution is -2.50. The first-order valence-electron chi connectivity index (χ1n) is 13.8. The Kier molecular flexibility index (Phi) is 16.7. The summed E-state index contributed by atoms with van der Waals surface area (Å²) >= 11 is 0. The van der Waals surface area contributed by atoms with E-state index in [1.807, 2.05) is 12.1 Å². The molecule has 0 aliphatic rings. The molecule has 1 amide bonds. The molecule has 1 N–H and O–H groups in total. The molecule has 0 saturated carbocycles. The first kappa shape index (κ1) is 32.1. The highest BCUT2D eigenvalue weighted by molar-refractivity contribution is 5.75. The number of amides is 1. The molecule has 1 atom stereocenters. The van der Waals surface area contributed by atoms with Crippen molar-refractivity contribution in [1.82, 2.24) is 10.3 Å². The average Bonchev–Trinajstić information content (AvgIpc) is 2.83. The van der Waals surface area contributed by atoms with E-state index in [0.717, 1.165) is 37.7 Å². The zero-order valence-corrected chi connectivity index (χ0v) is 23.3. The molecule has 1 aromatic heterocycles. The van der Waals surface area contributed by atoms with E-state index >= 15 is 0 Å². The van der Waals surface area contributed by atoms with Gasteiger partial charge in [-0.3, -0.25) is 19.4 Å². The number of ether oxygens (including phenoxy) is 2. The van der Waals surface area contributed by atoms with Crippen LogP contribution in [0.25, 0.3) is 0 Å². The predicted octanol–water partition coefficient (Wildman–Crippen LogP) is 6.13. The number of nitrogens with one attached hydrogen (secondary N) is 1. The number of aryl methyl sites for hydroxylation is 1. The van der Waals surface area contributed by atoms with E-state index in [-0.39, 0.29) is 18.9 Å². The van der Waals surface area contributed by atoms with Crippen molar-refractivity contribution in [3.63, 3.8) is 0 Å². The molecule has 0 fully saturated rings. The number of carbonyl (C=O) groups is 3. The fraction of sp³-hybridized carbons (Fsp3) is 0.667. The summed E-state index contributed by atoms with van der Waals surface area (Å²) in [5, 5.41) is 2.75. The van der Waals surface area contributed by atoms with Gasteiger partial charge in [0.2, 0.25) is 11.6 Å². The number of pyridine rings is 1. The largest absolute Gasteiger partial charge is 0.466 e. The van der Waals surface area contributed by atoms with E-state index in [4.69, 9.17) is 9.47 Å². The Morgan fingerprint density at radius 1 is 0.892 bits per heavy atom. The molecule has 0 radical (unpaired) electrons. The molecule has 0 aliphatic heterocycles. The van der Waals surface area contributed by atoms with Crippen molar-refractivity contribution in [2.75, 3.05) is 6.61 Å². The van der Waals surface area contributed by atoms with Crippen LogP contribution in [0.15, 0.2) is 18.3 Å². The quantitative estimate of drug-likeness (QED) is 0.110. The lowest BCUT2D eigenvalue weighted by Gasteiger charge is -2.34. The zero-order valence-electron chi connectivity index (χ0n) is 23.3. The minimum Gasteiger partial charge on any atom is -0.466 e.